The van der Waals surface area contributed by atoms with Gasteiger partial charge in [-0.15, -0.1) is 0 Å². The van der Waals surface area contributed by atoms with Crippen LogP contribution in [0.25, 0.3) is 11.1 Å². The Morgan fingerprint density at radius 2 is 1.51 bits per heavy atom. The van der Waals surface area contributed by atoms with Crippen molar-refractivity contribution >= 4 is 23.7 Å². The largest absolute Gasteiger partial charge is 0.480 e. The van der Waals surface area contributed by atoms with E-state index in [4.69, 9.17) is 16.3 Å². The van der Waals surface area contributed by atoms with Gasteiger partial charge in [-0.2, -0.15) is 0 Å². The molecule has 4 aliphatic rings. The van der Waals surface area contributed by atoms with Gasteiger partial charge in [-0.05, 0) is 65.0 Å². The van der Waals surface area contributed by atoms with Gasteiger partial charge in [-0.3, -0.25) is 0 Å². The normalized spacial score (nSPS) is 24.4. The highest BCUT2D eigenvalue weighted by Gasteiger charge is 2.71. The van der Waals surface area contributed by atoms with Crippen LogP contribution in [0, 0.1) is 10.8 Å². The molecule has 4 aliphatic carbocycles. The highest BCUT2D eigenvalue weighted by Crippen LogP contribution is 2.75. The Hall–Kier alpha value is -3.31. The molecule has 6 heteroatoms. The maximum atomic E-state index is 12.7. The molecule has 0 aromatic heterocycles. The molecule has 3 saturated carbocycles. The summed E-state index contributed by atoms with van der Waals surface area (Å²) in [6.07, 6.45) is 2.47. The van der Waals surface area contributed by atoms with Gasteiger partial charge in [0.05, 0.1) is 0 Å². The molecule has 3 aromatic carbocycles. The number of nitrogens with one attached hydrogen (secondary N) is 1. The van der Waals surface area contributed by atoms with Crippen molar-refractivity contribution in [3.8, 4) is 11.1 Å². The standard InChI is InChI=1S/C29H26ClNO4/c30-24-12-6-1-7-18(24)13-28-15-29(16-28,17-28)25(26(32)33)31-27(34)35-14-23-21-10-4-2-8-19(21)20-9-3-5-11-22(20)23/h1-12,23,25H,13-17H2,(H,31,34)(H,32,33). The number of carboxylic acid groups (broad SMARTS) is 1. The number of carboxylic acids is 1. The number of carbonyl (C=O) groups is 2. The van der Waals surface area contributed by atoms with Gasteiger partial charge in [-0.25, -0.2) is 9.59 Å². The molecule has 0 radical (unpaired) electrons. The third-order valence-electron chi connectivity index (χ3n) is 8.17. The van der Waals surface area contributed by atoms with E-state index in [-0.39, 0.29) is 17.9 Å². The summed E-state index contributed by atoms with van der Waals surface area (Å²) in [5.41, 5.74) is 5.32. The zero-order valence-electron chi connectivity index (χ0n) is 19.2. The van der Waals surface area contributed by atoms with E-state index < -0.39 is 23.5 Å². The molecule has 0 saturated heterocycles. The fourth-order valence-corrected chi connectivity index (χ4v) is 7.06. The number of fused-ring (bicyclic) bond motifs is 3. The van der Waals surface area contributed by atoms with Crippen LogP contribution in [-0.2, 0) is 16.0 Å². The molecule has 35 heavy (non-hydrogen) atoms. The predicted molar refractivity (Wildman–Crippen MR) is 134 cm³/mol. The number of hydrogen-bond donors (Lipinski definition) is 2. The zero-order valence-corrected chi connectivity index (χ0v) is 19.9. The summed E-state index contributed by atoms with van der Waals surface area (Å²) < 4.78 is 5.61. The summed E-state index contributed by atoms with van der Waals surface area (Å²) in [6, 6.07) is 23.1. The van der Waals surface area contributed by atoms with Gasteiger partial charge in [0, 0.05) is 16.4 Å². The van der Waals surface area contributed by atoms with E-state index in [1.165, 1.54) is 0 Å². The molecule has 2 bridgehead atoms. The molecule has 1 amide bonds. The number of amides is 1. The van der Waals surface area contributed by atoms with Crippen molar-refractivity contribution in [2.75, 3.05) is 6.61 Å². The van der Waals surface area contributed by atoms with Gasteiger partial charge in [0.2, 0.25) is 0 Å². The SMILES string of the molecule is O=C(NC(C(=O)O)C12CC(Cc3ccccc3Cl)(C1)C2)OCC1c2ccccc2-c2ccccc21. The molecule has 0 spiro atoms. The Morgan fingerprint density at radius 3 is 2.11 bits per heavy atom. The number of benzene rings is 3. The average Bonchev–Trinajstić information content (AvgIpc) is 3.12. The molecule has 1 unspecified atom stereocenters. The van der Waals surface area contributed by atoms with Gasteiger partial charge in [-0.1, -0.05) is 78.3 Å². The number of hydrogen-bond acceptors (Lipinski definition) is 3. The minimum absolute atomic E-state index is 0.0646. The fourth-order valence-electron chi connectivity index (χ4n) is 6.86. The van der Waals surface area contributed by atoms with Gasteiger partial charge in [0.25, 0.3) is 0 Å². The van der Waals surface area contributed by atoms with Crippen LogP contribution in [-0.4, -0.2) is 29.8 Å². The minimum atomic E-state index is -1.01. The molecular formula is C29H26ClNO4. The lowest BCUT2D eigenvalue weighted by atomic mass is 9.32. The average molecular weight is 488 g/mol. The smallest absolute Gasteiger partial charge is 0.407 e. The lowest BCUT2D eigenvalue weighted by molar-refractivity contribution is -0.223. The van der Waals surface area contributed by atoms with Crippen molar-refractivity contribution in [3.63, 3.8) is 0 Å². The molecular weight excluding hydrogens is 462 g/mol. The van der Waals surface area contributed by atoms with E-state index >= 15 is 0 Å². The van der Waals surface area contributed by atoms with Crippen LogP contribution >= 0.6 is 11.6 Å². The fraction of sp³-hybridized carbons (Fsp3) is 0.310. The van der Waals surface area contributed by atoms with Crippen molar-refractivity contribution in [2.45, 2.75) is 37.6 Å². The summed E-state index contributed by atoms with van der Waals surface area (Å²) in [6.45, 7) is 0.162. The second kappa shape index (κ2) is 8.13. The third-order valence-corrected chi connectivity index (χ3v) is 8.54. The molecule has 7 rings (SSSR count). The van der Waals surface area contributed by atoms with Crippen LogP contribution in [0.5, 0.6) is 0 Å². The zero-order chi connectivity index (χ0) is 24.2. The van der Waals surface area contributed by atoms with E-state index in [9.17, 15) is 14.7 Å². The van der Waals surface area contributed by atoms with E-state index in [0.717, 1.165) is 58.5 Å². The summed E-state index contributed by atoms with van der Waals surface area (Å²) >= 11 is 6.33. The number of carbonyl (C=O) groups excluding carboxylic acids is 1. The number of ether oxygens (including phenoxy) is 1. The highest BCUT2D eigenvalue weighted by atomic mass is 35.5. The van der Waals surface area contributed by atoms with E-state index in [1.807, 2.05) is 48.5 Å². The molecule has 2 N–H and O–H groups in total. The molecule has 3 aromatic rings. The number of halogens is 1. The molecule has 5 nitrogen and oxygen atoms in total. The Kier molecular flexibility index (Phi) is 5.15. The second-order valence-electron chi connectivity index (χ2n) is 10.4. The van der Waals surface area contributed by atoms with Crippen molar-refractivity contribution in [2.24, 2.45) is 10.8 Å². The van der Waals surface area contributed by atoms with Crippen molar-refractivity contribution < 1.29 is 19.4 Å². The maximum absolute atomic E-state index is 12.7. The van der Waals surface area contributed by atoms with Crippen LogP contribution in [0.2, 0.25) is 5.02 Å². The molecule has 1 atom stereocenters. The van der Waals surface area contributed by atoms with E-state index in [2.05, 4.69) is 29.6 Å². The first-order valence-electron chi connectivity index (χ1n) is 12.0. The Labute approximate surface area is 209 Å². The topological polar surface area (TPSA) is 75.6 Å². The van der Waals surface area contributed by atoms with Gasteiger partial charge < -0.3 is 15.2 Å². The first-order chi connectivity index (χ1) is 16.9. The van der Waals surface area contributed by atoms with Gasteiger partial charge >= 0.3 is 12.1 Å². The summed E-state index contributed by atoms with van der Waals surface area (Å²) in [4.78, 5) is 24.9. The van der Waals surface area contributed by atoms with E-state index in [1.54, 1.807) is 0 Å². The Balaban J connectivity index is 1.10. The highest BCUT2D eigenvalue weighted by molar-refractivity contribution is 6.31. The summed E-state index contributed by atoms with van der Waals surface area (Å²) in [5, 5.41) is 13.3. The number of alkyl carbamates (subject to hydrolysis) is 1. The summed E-state index contributed by atoms with van der Waals surface area (Å²) in [7, 11) is 0. The van der Waals surface area contributed by atoms with Crippen LogP contribution < -0.4 is 5.32 Å². The molecule has 0 heterocycles. The lowest BCUT2D eigenvalue weighted by Gasteiger charge is -2.72. The Bertz CT molecular complexity index is 1270. The first-order valence-corrected chi connectivity index (χ1v) is 12.4. The van der Waals surface area contributed by atoms with E-state index in [0.29, 0.717) is 0 Å². The lowest BCUT2D eigenvalue weighted by Crippen LogP contribution is -2.72. The molecule has 178 valence electrons. The van der Waals surface area contributed by atoms with Gasteiger partial charge in [0.15, 0.2) is 0 Å². The quantitative estimate of drug-likeness (QED) is 0.425. The molecule has 3 fully saturated rings. The van der Waals surface area contributed by atoms with Crippen LogP contribution in [0.15, 0.2) is 72.8 Å². The van der Waals surface area contributed by atoms with Crippen molar-refractivity contribution in [1.29, 1.82) is 0 Å². The van der Waals surface area contributed by atoms with Crippen LogP contribution in [0.3, 0.4) is 0 Å². The van der Waals surface area contributed by atoms with Crippen molar-refractivity contribution in [3.05, 3.63) is 94.5 Å². The third kappa shape index (κ3) is 3.61. The summed E-state index contributed by atoms with van der Waals surface area (Å²) in [5.74, 6) is -1.07. The van der Waals surface area contributed by atoms with Crippen molar-refractivity contribution in [1.82, 2.24) is 5.32 Å². The number of rotatable bonds is 7. The van der Waals surface area contributed by atoms with Crippen LogP contribution in [0.1, 0.15) is 41.9 Å². The molecule has 0 aliphatic heterocycles. The first kappa shape index (κ1) is 22.2. The van der Waals surface area contributed by atoms with Crippen LogP contribution in [0.4, 0.5) is 4.79 Å². The monoisotopic (exact) mass is 487 g/mol. The minimum Gasteiger partial charge on any atom is -0.480 e. The maximum Gasteiger partial charge on any atom is 0.407 e. The second-order valence-corrected chi connectivity index (χ2v) is 10.8. The Morgan fingerprint density at radius 1 is 0.943 bits per heavy atom. The van der Waals surface area contributed by atoms with Gasteiger partial charge in [0.1, 0.15) is 12.6 Å². The number of aliphatic carboxylic acids is 1. The predicted octanol–water partition coefficient (Wildman–Crippen LogP) is 6.04.